The normalized spacial score (nSPS) is 13.0. The number of alkyl halides is 1. The van der Waals surface area contributed by atoms with E-state index in [4.69, 9.17) is 0 Å². The molecule has 0 aromatic carbocycles. The van der Waals surface area contributed by atoms with Gasteiger partial charge in [-0.2, -0.15) is 0 Å². The molecule has 3 rings (SSSR count). The lowest BCUT2D eigenvalue weighted by atomic mass is 10.1. The van der Waals surface area contributed by atoms with Gasteiger partial charge in [-0.1, -0.05) is 22.0 Å². The Morgan fingerprint density at radius 3 is 3.00 bits per heavy atom. The Morgan fingerprint density at radius 1 is 1.33 bits per heavy atom. The molecule has 0 fully saturated rings. The quantitative estimate of drug-likeness (QED) is 0.587. The first-order valence-corrected chi connectivity index (χ1v) is 8.37. The first-order chi connectivity index (χ1) is 8.74. The molecule has 1 unspecified atom stereocenters. The van der Waals surface area contributed by atoms with Crippen molar-refractivity contribution in [3.05, 3.63) is 52.0 Å². The van der Waals surface area contributed by atoms with Gasteiger partial charge in [-0.3, -0.25) is 4.98 Å². The van der Waals surface area contributed by atoms with Gasteiger partial charge in [-0.05, 0) is 36.1 Å². The Kier molecular flexibility index (Phi) is 3.50. The fourth-order valence-electron chi connectivity index (χ4n) is 1.94. The fraction of sp³-hybridized carbons (Fsp3) is 0.214. The lowest BCUT2D eigenvalue weighted by molar-refractivity contribution is 0.906. The van der Waals surface area contributed by atoms with Crippen molar-refractivity contribution in [3.8, 4) is 0 Å². The summed E-state index contributed by atoms with van der Waals surface area (Å²) in [4.78, 5) is 6.21. The summed E-state index contributed by atoms with van der Waals surface area (Å²) >= 11 is 7.48. The van der Waals surface area contributed by atoms with Gasteiger partial charge < -0.3 is 0 Å². The first kappa shape index (κ1) is 12.3. The maximum atomic E-state index is 4.46. The Morgan fingerprint density at radius 2 is 2.22 bits per heavy atom. The monoisotopic (exact) mass is 337 g/mol. The second-order valence-corrected chi connectivity index (χ2v) is 7.40. The number of aromatic nitrogens is 1. The minimum absolute atomic E-state index is 0.357. The molecule has 0 bridgehead atoms. The highest BCUT2D eigenvalue weighted by Crippen LogP contribution is 2.38. The summed E-state index contributed by atoms with van der Waals surface area (Å²) in [6.45, 7) is 2.12. The SMILES string of the molecule is Cc1cccnc1CC(Br)c1cc2sccc2s1. The molecule has 3 aromatic rings. The number of fused-ring (bicyclic) bond motifs is 1. The van der Waals surface area contributed by atoms with Gasteiger partial charge in [0.2, 0.25) is 0 Å². The number of aryl methyl sites for hydroxylation is 1. The lowest BCUT2D eigenvalue weighted by Crippen LogP contribution is -1.98. The van der Waals surface area contributed by atoms with Crippen LogP contribution in [0.2, 0.25) is 0 Å². The molecule has 0 spiro atoms. The third kappa shape index (κ3) is 2.37. The van der Waals surface area contributed by atoms with E-state index in [2.05, 4.69) is 51.4 Å². The van der Waals surface area contributed by atoms with Crippen LogP contribution in [-0.4, -0.2) is 4.98 Å². The first-order valence-electron chi connectivity index (χ1n) is 5.75. The molecule has 92 valence electrons. The van der Waals surface area contributed by atoms with Crippen LogP contribution in [0.1, 0.15) is 21.0 Å². The number of hydrogen-bond acceptors (Lipinski definition) is 3. The number of nitrogens with zero attached hydrogens (tertiary/aromatic N) is 1. The van der Waals surface area contributed by atoms with E-state index >= 15 is 0 Å². The van der Waals surface area contributed by atoms with E-state index in [1.54, 1.807) is 0 Å². The van der Waals surface area contributed by atoms with Crippen molar-refractivity contribution in [1.82, 2.24) is 4.98 Å². The van der Waals surface area contributed by atoms with Crippen LogP contribution in [0.3, 0.4) is 0 Å². The average molecular weight is 338 g/mol. The van der Waals surface area contributed by atoms with Crippen molar-refractivity contribution in [1.29, 1.82) is 0 Å². The van der Waals surface area contributed by atoms with E-state index in [1.165, 1.54) is 25.5 Å². The van der Waals surface area contributed by atoms with Crippen LogP contribution < -0.4 is 0 Å². The van der Waals surface area contributed by atoms with Crippen LogP contribution in [0.25, 0.3) is 9.40 Å². The molecule has 1 nitrogen and oxygen atoms in total. The second kappa shape index (κ2) is 5.11. The van der Waals surface area contributed by atoms with Crippen LogP contribution in [0.15, 0.2) is 35.8 Å². The summed E-state index contributed by atoms with van der Waals surface area (Å²) in [5, 5.41) is 2.15. The van der Waals surface area contributed by atoms with Crippen molar-refractivity contribution in [2.24, 2.45) is 0 Å². The smallest absolute Gasteiger partial charge is 0.0545 e. The maximum absolute atomic E-state index is 4.46. The van der Waals surface area contributed by atoms with E-state index in [1.807, 2.05) is 34.9 Å². The van der Waals surface area contributed by atoms with Crippen molar-refractivity contribution in [2.75, 3.05) is 0 Å². The van der Waals surface area contributed by atoms with Gasteiger partial charge >= 0.3 is 0 Å². The molecule has 0 N–H and O–H groups in total. The van der Waals surface area contributed by atoms with Gasteiger partial charge in [0.1, 0.15) is 0 Å². The third-order valence-electron chi connectivity index (χ3n) is 2.96. The van der Waals surface area contributed by atoms with Crippen LogP contribution in [0.4, 0.5) is 0 Å². The molecule has 0 radical (unpaired) electrons. The summed E-state index contributed by atoms with van der Waals surface area (Å²) in [5.41, 5.74) is 2.44. The van der Waals surface area contributed by atoms with Crippen LogP contribution in [0, 0.1) is 6.92 Å². The molecular formula is C14H12BrNS2. The van der Waals surface area contributed by atoms with Crippen molar-refractivity contribution in [3.63, 3.8) is 0 Å². The standard InChI is InChI=1S/C14H12BrNS2/c1-9-3-2-5-16-11(9)7-10(15)13-8-14-12(18-13)4-6-17-14/h2-6,8,10H,7H2,1H3. The number of rotatable bonds is 3. The van der Waals surface area contributed by atoms with E-state index in [0.29, 0.717) is 4.83 Å². The van der Waals surface area contributed by atoms with Gasteiger partial charge in [0.25, 0.3) is 0 Å². The molecule has 0 amide bonds. The molecule has 0 aliphatic carbocycles. The summed E-state index contributed by atoms with van der Waals surface area (Å²) in [7, 11) is 0. The summed E-state index contributed by atoms with van der Waals surface area (Å²) < 4.78 is 2.77. The Bertz CT molecular complexity index is 643. The Hall–Kier alpha value is -0.710. The van der Waals surface area contributed by atoms with Crippen molar-refractivity contribution < 1.29 is 0 Å². The van der Waals surface area contributed by atoms with Crippen LogP contribution >= 0.6 is 38.6 Å². The minimum Gasteiger partial charge on any atom is -0.261 e. The topological polar surface area (TPSA) is 12.9 Å². The molecular weight excluding hydrogens is 326 g/mol. The Labute approximate surface area is 123 Å². The summed E-state index contributed by atoms with van der Waals surface area (Å²) in [6.07, 6.45) is 2.81. The molecule has 4 heteroatoms. The largest absolute Gasteiger partial charge is 0.261 e. The number of thiophene rings is 2. The highest BCUT2D eigenvalue weighted by molar-refractivity contribution is 9.09. The van der Waals surface area contributed by atoms with Crippen molar-refractivity contribution in [2.45, 2.75) is 18.2 Å². The number of halogens is 1. The zero-order valence-corrected chi connectivity index (χ0v) is 13.1. The molecule has 3 aromatic heterocycles. The predicted octanol–water partition coefficient (Wildman–Crippen LogP) is 5.34. The van der Waals surface area contributed by atoms with Crippen LogP contribution in [-0.2, 0) is 6.42 Å². The molecule has 18 heavy (non-hydrogen) atoms. The predicted molar refractivity (Wildman–Crippen MR) is 84.0 cm³/mol. The third-order valence-corrected chi connectivity index (χ3v) is 6.28. The molecule has 0 aliphatic heterocycles. The van der Waals surface area contributed by atoms with E-state index in [0.717, 1.165) is 6.42 Å². The fourth-order valence-corrected chi connectivity index (χ4v) is 4.76. The molecule has 3 heterocycles. The molecule has 0 aliphatic rings. The summed E-state index contributed by atoms with van der Waals surface area (Å²) in [5.74, 6) is 0. The van der Waals surface area contributed by atoms with E-state index in [9.17, 15) is 0 Å². The van der Waals surface area contributed by atoms with Crippen molar-refractivity contribution >= 4 is 48.0 Å². The highest BCUT2D eigenvalue weighted by Gasteiger charge is 2.14. The highest BCUT2D eigenvalue weighted by atomic mass is 79.9. The van der Waals surface area contributed by atoms with Gasteiger partial charge in [0.05, 0.1) is 4.83 Å². The maximum Gasteiger partial charge on any atom is 0.0545 e. The molecule has 0 saturated carbocycles. The number of hydrogen-bond donors (Lipinski definition) is 0. The van der Waals surface area contributed by atoms with E-state index in [-0.39, 0.29) is 0 Å². The Balaban J connectivity index is 1.85. The minimum atomic E-state index is 0.357. The molecule has 1 atom stereocenters. The van der Waals surface area contributed by atoms with Gasteiger partial charge in [-0.15, -0.1) is 22.7 Å². The number of pyridine rings is 1. The average Bonchev–Trinajstić information content (AvgIpc) is 2.92. The van der Waals surface area contributed by atoms with Gasteiger partial charge in [0, 0.05) is 32.6 Å². The lowest BCUT2D eigenvalue weighted by Gasteiger charge is -2.08. The van der Waals surface area contributed by atoms with Gasteiger partial charge in [0.15, 0.2) is 0 Å². The van der Waals surface area contributed by atoms with E-state index < -0.39 is 0 Å². The zero-order chi connectivity index (χ0) is 12.5. The van der Waals surface area contributed by atoms with Gasteiger partial charge in [-0.25, -0.2) is 0 Å². The summed E-state index contributed by atoms with van der Waals surface area (Å²) in [6, 6.07) is 8.60. The van der Waals surface area contributed by atoms with Crippen LogP contribution in [0.5, 0.6) is 0 Å². The second-order valence-electron chi connectivity index (χ2n) is 4.24. The zero-order valence-electron chi connectivity index (χ0n) is 9.89. The molecule has 0 saturated heterocycles.